The topological polar surface area (TPSA) is 29.1 Å². The second-order valence-electron chi connectivity index (χ2n) is 4.67. The summed E-state index contributed by atoms with van der Waals surface area (Å²) in [6.45, 7) is 3.99. The van der Waals surface area contributed by atoms with E-state index < -0.39 is 0 Å². The van der Waals surface area contributed by atoms with Crippen LogP contribution in [0.5, 0.6) is 0 Å². The summed E-state index contributed by atoms with van der Waals surface area (Å²) >= 11 is 1.39. The third kappa shape index (κ3) is 4.38. The maximum Gasteiger partial charge on any atom is 0.234 e. The van der Waals surface area contributed by atoms with Gasteiger partial charge in [0, 0.05) is 10.6 Å². The Balaban J connectivity index is 1.90. The van der Waals surface area contributed by atoms with Crippen molar-refractivity contribution in [2.75, 3.05) is 11.1 Å². The van der Waals surface area contributed by atoms with Gasteiger partial charge in [0.1, 0.15) is 5.82 Å². The monoisotopic (exact) mass is 289 g/mol. The molecule has 104 valence electrons. The number of carbonyl (C=O) groups excluding carboxylic acids is 1. The fraction of sp³-hybridized carbons (Fsp3) is 0.188. The molecule has 2 rings (SSSR count). The molecule has 1 N–H and O–H groups in total. The van der Waals surface area contributed by atoms with Gasteiger partial charge in [-0.05, 0) is 61.4 Å². The summed E-state index contributed by atoms with van der Waals surface area (Å²) in [5.41, 5.74) is 3.05. The van der Waals surface area contributed by atoms with E-state index >= 15 is 0 Å². The average Bonchev–Trinajstić information content (AvgIpc) is 2.37. The molecule has 1 amide bonds. The van der Waals surface area contributed by atoms with Crippen LogP contribution in [0.4, 0.5) is 10.1 Å². The van der Waals surface area contributed by atoms with E-state index in [-0.39, 0.29) is 11.7 Å². The van der Waals surface area contributed by atoms with Crippen LogP contribution in [0.2, 0.25) is 0 Å². The molecule has 0 aliphatic rings. The highest BCUT2D eigenvalue weighted by Crippen LogP contribution is 2.19. The first-order chi connectivity index (χ1) is 9.52. The van der Waals surface area contributed by atoms with Crippen LogP contribution < -0.4 is 5.32 Å². The van der Waals surface area contributed by atoms with Gasteiger partial charge in [-0.15, -0.1) is 11.8 Å². The van der Waals surface area contributed by atoms with E-state index in [0.717, 1.165) is 21.7 Å². The molecule has 0 aliphatic heterocycles. The molecule has 0 unspecified atom stereocenters. The van der Waals surface area contributed by atoms with Crippen molar-refractivity contribution in [3.05, 3.63) is 59.4 Å². The lowest BCUT2D eigenvalue weighted by Gasteiger charge is -2.07. The molecule has 0 spiro atoms. The fourth-order valence-electron chi connectivity index (χ4n) is 1.92. The number of halogens is 1. The van der Waals surface area contributed by atoms with Crippen molar-refractivity contribution in [2.24, 2.45) is 0 Å². The lowest BCUT2D eigenvalue weighted by Crippen LogP contribution is -2.14. The largest absolute Gasteiger partial charge is 0.325 e. The summed E-state index contributed by atoms with van der Waals surface area (Å²) in [6, 6.07) is 12.1. The maximum atomic E-state index is 12.8. The number of nitrogens with one attached hydrogen (secondary N) is 1. The van der Waals surface area contributed by atoms with Gasteiger partial charge in [-0.3, -0.25) is 4.79 Å². The van der Waals surface area contributed by atoms with Gasteiger partial charge in [0.05, 0.1) is 5.75 Å². The summed E-state index contributed by atoms with van der Waals surface area (Å²) in [5, 5.41) is 2.87. The third-order valence-electron chi connectivity index (χ3n) is 2.69. The lowest BCUT2D eigenvalue weighted by atomic mass is 10.1. The van der Waals surface area contributed by atoms with Crippen LogP contribution in [0.3, 0.4) is 0 Å². The van der Waals surface area contributed by atoms with E-state index in [4.69, 9.17) is 0 Å². The molecule has 2 nitrogen and oxygen atoms in total. The molecule has 0 atom stereocenters. The first-order valence-electron chi connectivity index (χ1n) is 6.29. The number of aryl methyl sites for hydroxylation is 2. The van der Waals surface area contributed by atoms with E-state index in [2.05, 4.69) is 11.4 Å². The minimum Gasteiger partial charge on any atom is -0.325 e. The number of thioether (sulfide) groups is 1. The van der Waals surface area contributed by atoms with Crippen LogP contribution in [0.1, 0.15) is 11.1 Å². The second kappa shape index (κ2) is 6.57. The molecule has 20 heavy (non-hydrogen) atoms. The summed E-state index contributed by atoms with van der Waals surface area (Å²) < 4.78 is 12.8. The molecule has 0 saturated heterocycles. The number of carbonyl (C=O) groups is 1. The third-order valence-corrected chi connectivity index (χ3v) is 3.70. The molecule has 0 fully saturated rings. The van der Waals surface area contributed by atoms with E-state index in [0.29, 0.717) is 5.75 Å². The van der Waals surface area contributed by atoms with Crippen molar-refractivity contribution in [3.8, 4) is 0 Å². The van der Waals surface area contributed by atoms with Crippen LogP contribution in [-0.4, -0.2) is 11.7 Å². The number of hydrogen-bond acceptors (Lipinski definition) is 2. The van der Waals surface area contributed by atoms with Crippen molar-refractivity contribution in [1.29, 1.82) is 0 Å². The maximum absolute atomic E-state index is 12.8. The van der Waals surface area contributed by atoms with Crippen LogP contribution in [-0.2, 0) is 4.79 Å². The van der Waals surface area contributed by atoms with Crippen LogP contribution in [0.15, 0.2) is 47.4 Å². The van der Waals surface area contributed by atoms with E-state index in [1.165, 1.54) is 23.9 Å². The number of anilines is 1. The van der Waals surface area contributed by atoms with Crippen LogP contribution >= 0.6 is 11.8 Å². The van der Waals surface area contributed by atoms with Crippen molar-refractivity contribution < 1.29 is 9.18 Å². The van der Waals surface area contributed by atoms with Crippen molar-refractivity contribution >= 4 is 23.4 Å². The Labute approximate surface area is 122 Å². The standard InChI is InChI=1S/C16H16FNOS/c1-11-7-12(2)9-14(8-11)18-16(19)10-20-15-5-3-13(17)4-6-15/h3-9H,10H2,1-2H3,(H,18,19). The molecule has 0 radical (unpaired) electrons. The van der Waals surface area contributed by atoms with Gasteiger partial charge in [0.2, 0.25) is 5.91 Å². The van der Waals surface area contributed by atoms with Crippen molar-refractivity contribution in [1.82, 2.24) is 0 Å². The smallest absolute Gasteiger partial charge is 0.234 e. The van der Waals surface area contributed by atoms with E-state index in [1.807, 2.05) is 26.0 Å². The highest BCUT2D eigenvalue weighted by Gasteiger charge is 2.05. The molecular formula is C16H16FNOS. The van der Waals surface area contributed by atoms with Crippen LogP contribution in [0.25, 0.3) is 0 Å². The Hall–Kier alpha value is -1.81. The predicted octanol–water partition coefficient (Wildman–Crippen LogP) is 4.17. The van der Waals surface area contributed by atoms with Gasteiger partial charge < -0.3 is 5.32 Å². The molecule has 4 heteroatoms. The minimum atomic E-state index is -0.269. The highest BCUT2D eigenvalue weighted by atomic mass is 32.2. The van der Waals surface area contributed by atoms with Crippen molar-refractivity contribution in [3.63, 3.8) is 0 Å². The summed E-state index contributed by atoms with van der Waals surface area (Å²) in [4.78, 5) is 12.7. The van der Waals surface area contributed by atoms with Gasteiger partial charge in [-0.25, -0.2) is 4.39 Å². The quantitative estimate of drug-likeness (QED) is 0.856. The SMILES string of the molecule is Cc1cc(C)cc(NC(=O)CSc2ccc(F)cc2)c1. The Morgan fingerprint density at radius 1 is 1.10 bits per heavy atom. The van der Waals surface area contributed by atoms with E-state index in [1.54, 1.807) is 12.1 Å². The molecule has 0 bridgehead atoms. The molecule has 0 aromatic heterocycles. The Morgan fingerprint density at radius 3 is 2.30 bits per heavy atom. The number of hydrogen-bond donors (Lipinski definition) is 1. The number of rotatable bonds is 4. The molecule has 2 aromatic rings. The highest BCUT2D eigenvalue weighted by molar-refractivity contribution is 8.00. The lowest BCUT2D eigenvalue weighted by molar-refractivity contribution is -0.113. The molecular weight excluding hydrogens is 273 g/mol. The number of benzene rings is 2. The van der Waals surface area contributed by atoms with Crippen LogP contribution in [0, 0.1) is 19.7 Å². The molecule has 0 aliphatic carbocycles. The average molecular weight is 289 g/mol. The Morgan fingerprint density at radius 2 is 1.70 bits per heavy atom. The summed E-state index contributed by atoms with van der Waals surface area (Å²) in [6.07, 6.45) is 0. The zero-order valence-corrected chi connectivity index (χ0v) is 12.3. The van der Waals surface area contributed by atoms with Crippen molar-refractivity contribution in [2.45, 2.75) is 18.7 Å². The Bertz CT molecular complexity index is 590. The summed E-state index contributed by atoms with van der Waals surface area (Å²) in [5.74, 6) is -0.0307. The normalized spacial score (nSPS) is 10.3. The molecule has 0 saturated carbocycles. The molecule has 0 heterocycles. The van der Waals surface area contributed by atoms with E-state index in [9.17, 15) is 9.18 Å². The minimum absolute atomic E-state index is 0.0654. The fourth-order valence-corrected chi connectivity index (χ4v) is 2.62. The zero-order valence-electron chi connectivity index (χ0n) is 11.4. The zero-order chi connectivity index (χ0) is 14.5. The van der Waals surface area contributed by atoms with Gasteiger partial charge >= 0.3 is 0 Å². The van der Waals surface area contributed by atoms with Gasteiger partial charge in [-0.2, -0.15) is 0 Å². The van der Waals surface area contributed by atoms with Gasteiger partial charge in [0.25, 0.3) is 0 Å². The first kappa shape index (κ1) is 14.6. The predicted molar refractivity (Wildman–Crippen MR) is 81.7 cm³/mol. The number of amides is 1. The van der Waals surface area contributed by atoms with Gasteiger partial charge in [0.15, 0.2) is 0 Å². The Kier molecular flexibility index (Phi) is 4.79. The molecule has 2 aromatic carbocycles. The summed E-state index contributed by atoms with van der Waals surface area (Å²) in [7, 11) is 0. The first-order valence-corrected chi connectivity index (χ1v) is 7.28. The van der Waals surface area contributed by atoms with Gasteiger partial charge in [-0.1, -0.05) is 6.07 Å². The second-order valence-corrected chi connectivity index (χ2v) is 5.72.